The molecule has 1 aromatic carbocycles. The zero-order valence-corrected chi connectivity index (χ0v) is 6.44. The highest BCUT2D eigenvalue weighted by molar-refractivity contribution is 5.60. The molecular weight excluding hydrogens is 148 g/mol. The Hall–Kier alpha value is -1.70. The van der Waals surface area contributed by atoms with Gasteiger partial charge in [-0.1, -0.05) is 30.3 Å². The van der Waals surface area contributed by atoms with Crippen LogP contribution in [-0.4, -0.2) is 10.2 Å². The minimum absolute atomic E-state index is 0.977. The Kier molecular flexibility index (Phi) is 1.82. The molecule has 12 heavy (non-hydrogen) atoms. The Morgan fingerprint density at radius 1 is 1.00 bits per heavy atom. The van der Waals surface area contributed by atoms with E-state index in [4.69, 9.17) is 0 Å². The quantitative estimate of drug-likeness (QED) is 0.629. The average molecular weight is 155 g/mol. The first kappa shape index (κ1) is 6.98. The molecule has 0 fully saturated rings. The van der Waals surface area contributed by atoms with E-state index in [2.05, 4.69) is 16.3 Å². The Labute approximate surface area is 70.9 Å². The Bertz CT molecular complexity index is 305. The average Bonchev–Trinajstić information content (AvgIpc) is 2.21. The maximum Gasteiger partial charge on any atom is 0.0581 e. The maximum absolute atomic E-state index is 3.78. The van der Waals surface area contributed by atoms with Gasteiger partial charge in [0.1, 0.15) is 0 Å². The van der Waals surface area contributed by atoms with E-state index in [-0.39, 0.29) is 0 Å². The minimum Gasteiger partial charge on any atom is -0.158 e. The van der Waals surface area contributed by atoms with E-state index in [1.807, 2.05) is 30.3 Å². The van der Waals surface area contributed by atoms with Crippen molar-refractivity contribution in [2.24, 2.45) is 0 Å². The Balaban J connectivity index is 2.46. The molecule has 57 valence electrons. The van der Waals surface area contributed by atoms with Crippen LogP contribution in [0.5, 0.6) is 0 Å². The summed E-state index contributed by atoms with van der Waals surface area (Å²) in [6.07, 6.45) is 3.28. The normalized spacial score (nSPS) is 9.67. The van der Waals surface area contributed by atoms with Crippen molar-refractivity contribution >= 4 is 0 Å². The minimum atomic E-state index is 0.977. The number of nitrogens with zero attached hydrogens (tertiary/aromatic N) is 2. The third kappa shape index (κ3) is 1.32. The van der Waals surface area contributed by atoms with Gasteiger partial charge in [0.25, 0.3) is 0 Å². The lowest BCUT2D eigenvalue weighted by Gasteiger charge is -1.96. The van der Waals surface area contributed by atoms with Gasteiger partial charge in [-0.25, -0.2) is 0 Å². The van der Waals surface area contributed by atoms with Crippen LogP contribution in [0.2, 0.25) is 0 Å². The van der Waals surface area contributed by atoms with Crippen molar-refractivity contribution < 1.29 is 0 Å². The van der Waals surface area contributed by atoms with Crippen molar-refractivity contribution in [3.05, 3.63) is 48.8 Å². The number of benzene rings is 1. The summed E-state index contributed by atoms with van der Waals surface area (Å²) in [5.74, 6) is 0. The first-order valence-corrected chi connectivity index (χ1v) is 3.70. The molecule has 0 aliphatic carbocycles. The van der Waals surface area contributed by atoms with Gasteiger partial charge in [0, 0.05) is 11.6 Å². The molecule has 0 saturated heterocycles. The van der Waals surface area contributed by atoms with Crippen molar-refractivity contribution in [3.8, 4) is 11.1 Å². The summed E-state index contributed by atoms with van der Waals surface area (Å²) in [5.41, 5.74) is 2.10. The third-order valence-electron chi connectivity index (χ3n) is 1.62. The van der Waals surface area contributed by atoms with Gasteiger partial charge in [0.05, 0.1) is 12.4 Å². The van der Waals surface area contributed by atoms with E-state index in [0.717, 1.165) is 11.1 Å². The van der Waals surface area contributed by atoms with Gasteiger partial charge in [-0.3, -0.25) is 0 Å². The molecule has 0 amide bonds. The fourth-order valence-corrected chi connectivity index (χ4v) is 1.04. The van der Waals surface area contributed by atoms with E-state index >= 15 is 0 Å². The molecule has 1 heterocycles. The zero-order chi connectivity index (χ0) is 8.23. The molecule has 1 radical (unpaired) electrons. The second-order valence-corrected chi connectivity index (χ2v) is 2.41. The summed E-state index contributed by atoms with van der Waals surface area (Å²) >= 11 is 0. The monoisotopic (exact) mass is 155 g/mol. The molecule has 0 bridgehead atoms. The molecule has 2 heteroatoms. The predicted molar refractivity (Wildman–Crippen MR) is 46.3 cm³/mol. The van der Waals surface area contributed by atoms with Gasteiger partial charge in [-0.2, -0.15) is 10.2 Å². The standard InChI is InChI=1S/C10H7N2/c1-2-4-9(5-3-1)10-6-7-11-12-8-10/h1-5,7-8H. The fourth-order valence-electron chi connectivity index (χ4n) is 1.04. The van der Waals surface area contributed by atoms with Gasteiger partial charge in [0.15, 0.2) is 0 Å². The second-order valence-electron chi connectivity index (χ2n) is 2.41. The molecule has 0 saturated carbocycles. The van der Waals surface area contributed by atoms with Crippen LogP contribution in [-0.2, 0) is 0 Å². The predicted octanol–water partition coefficient (Wildman–Crippen LogP) is 1.94. The second kappa shape index (κ2) is 3.13. The highest BCUT2D eigenvalue weighted by Gasteiger charge is 1.93. The first-order chi connectivity index (χ1) is 5.97. The van der Waals surface area contributed by atoms with Gasteiger partial charge in [-0.05, 0) is 5.56 Å². The Morgan fingerprint density at radius 2 is 1.83 bits per heavy atom. The highest BCUT2D eigenvalue weighted by atomic mass is 15.1. The Morgan fingerprint density at radius 3 is 2.50 bits per heavy atom. The number of hydrogen-bond acceptors (Lipinski definition) is 2. The highest BCUT2D eigenvalue weighted by Crippen LogP contribution is 2.14. The smallest absolute Gasteiger partial charge is 0.0581 e. The van der Waals surface area contributed by atoms with Gasteiger partial charge in [0.2, 0.25) is 0 Å². The molecule has 0 unspecified atom stereocenters. The van der Waals surface area contributed by atoms with Crippen LogP contribution in [0, 0.1) is 6.07 Å². The van der Waals surface area contributed by atoms with Crippen molar-refractivity contribution in [3.63, 3.8) is 0 Å². The fraction of sp³-hybridized carbons (Fsp3) is 0. The van der Waals surface area contributed by atoms with E-state index in [1.165, 1.54) is 0 Å². The largest absolute Gasteiger partial charge is 0.158 e. The van der Waals surface area contributed by atoms with Crippen LogP contribution in [0.1, 0.15) is 0 Å². The molecule has 2 nitrogen and oxygen atoms in total. The molecule has 0 aliphatic heterocycles. The van der Waals surface area contributed by atoms with Crippen molar-refractivity contribution in [1.29, 1.82) is 0 Å². The van der Waals surface area contributed by atoms with Crippen LogP contribution in [0.15, 0.2) is 42.7 Å². The van der Waals surface area contributed by atoms with E-state index < -0.39 is 0 Å². The van der Waals surface area contributed by atoms with Crippen LogP contribution < -0.4 is 0 Å². The van der Waals surface area contributed by atoms with Crippen LogP contribution in [0.4, 0.5) is 0 Å². The van der Waals surface area contributed by atoms with Crippen LogP contribution >= 0.6 is 0 Å². The number of aromatic nitrogens is 2. The van der Waals surface area contributed by atoms with Crippen LogP contribution in [0.3, 0.4) is 0 Å². The molecule has 0 aliphatic rings. The van der Waals surface area contributed by atoms with Crippen molar-refractivity contribution in [1.82, 2.24) is 10.2 Å². The summed E-state index contributed by atoms with van der Waals surface area (Å²) < 4.78 is 0. The maximum atomic E-state index is 3.78. The summed E-state index contributed by atoms with van der Waals surface area (Å²) in [5, 5.41) is 7.45. The molecule has 2 rings (SSSR count). The molecule has 0 N–H and O–H groups in total. The lowest BCUT2D eigenvalue weighted by Crippen LogP contribution is -1.81. The van der Waals surface area contributed by atoms with Crippen molar-refractivity contribution in [2.75, 3.05) is 0 Å². The topological polar surface area (TPSA) is 25.8 Å². The number of hydrogen-bond donors (Lipinski definition) is 0. The summed E-state index contributed by atoms with van der Waals surface area (Å²) in [6, 6.07) is 13.0. The van der Waals surface area contributed by atoms with Gasteiger partial charge < -0.3 is 0 Å². The lowest BCUT2D eigenvalue weighted by atomic mass is 10.1. The van der Waals surface area contributed by atoms with E-state index in [0.29, 0.717) is 0 Å². The lowest BCUT2D eigenvalue weighted by molar-refractivity contribution is 1.03. The molecular formula is C10H7N2. The SMILES string of the molecule is [c]1cnncc1-c1ccccc1. The van der Waals surface area contributed by atoms with Gasteiger partial charge >= 0.3 is 0 Å². The summed E-state index contributed by atoms with van der Waals surface area (Å²) in [6.45, 7) is 0. The molecule has 0 spiro atoms. The molecule has 0 atom stereocenters. The van der Waals surface area contributed by atoms with E-state index in [9.17, 15) is 0 Å². The van der Waals surface area contributed by atoms with Crippen molar-refractivity contribution in [2.45, 2.75) is 0 Å². The summed E-state index contributed by atoms with van der Waals surface area (Å²) in [4.78, 5) is 0. The summed E-state index contributed by atoms with van der Waals surface area (Å²) in [7, 11) is 0. The molecule has 2 aromatic rings. The number of rotatable bonds is 1. The first-order valence-electron chi connectivity index (χ1n) is 3.70. The third-order valence-corrected chi connectivity index (χ3v) is 1.62. The van der Waals surface area contributed by atoms with Crippen LogP contribution in [0.25, 0.3) is 11.1 Å². The molecule has 1 aromatic heterocycles. The zero-order valence-electron chi connectivity index (χ0n) is 6.44. The van der Waals surface area contributed by atoms with E-state index in [1.54, 1.807) is 12.4 Å². The van der Waals surface area contributed by atoms with Gasteiger partial charge in [-0.15, -0.1) is 0 Å².